The number of nitrogens with two attached hydrogens (primary N) is 1. The highest BCUT2D eigenvalue weighted by Crippen LogP contribution is 2.24. The zero-order valence-corrected chi connectivity index (χ0v) is 11.6. The first-order valence-corrected chi connectivity index (χ1v) is 7.30. The Bertz CT molecular complexity index is 220. The first-order chi connectivity index (χ1) is 8.04. The van der Waals surface area contributed by atoms with Gasteiger partial charge in [-0.2, -0.15) is 0 Å². The number of piperazine rings is 1. The Morgan fingerprint density at radius 3 is 2.18 bits per heavy atom. The Morgan fingerprint density at radius 1 is 1.06 bits per heavy atom. The van der Waals surface area contributed by atoms with Gasteiger partial charge in [0.15, 0.2) is 0 Å². The molecule has 3 heteroatoms. The zero-order valence-electron chi connectivity index (χ0n) is 11.6. The Labute approximate surface area is 106 Å². The van der Waals surface area contributed by atoms with Crippen LogP contribution in [-0.2, 0) is 0 Å². The van der Waals surface area contributed by atoms with E-state index in [1.54, 1.807) is 0 Å². The first-order valence-electron chi connectivity index (χ1n) is 7.30. The summed E-state index contributed by atoms with van der Waals surface area (Å²) in [5.74, 6) is 0. The molecular weight excluding hydrogens is 210 g/mol. The van der Waals surface area contributed by atoms with Crippen molar-refractivity contribution >= 4 is 0 Å². The van der Waals surface area contributed by atoms with Gasteiger partial charge in [0.05, 0.1) is 0 Å². The summed E-state index contributed by atoms with van der Waals surface area (Å²) < 4.78 is 0. The molecule has 0 bridgehead atoms. The van der Waals surface area contributed by atoms with E-state index in [2.05, 4.69) is 23.6 Å². The molecule has 0 aromatic rings. The van der Waals surface area contributed by atoms with Gasteiger partial charge in [0, 0.05) is 37.8 Å². The fourth-order valence-corrected chi connectivity index (χ4v) is 3.07. The standard InChI is InChI=1S/C14H29N3/c1-14(2,15)7-8-16-9-11-17(12-10-16)13-5-3-4-6-13/h13H,3-12,15H2,1-2H3. The molecule has 2 fully saturated rings. The molecule has 3 nitrogen and oxygen atoms in total. The van der Waals surface area contributed by atoms with E-state index in [9.17, 15) is 0 Å². The van der Waals surface area contributed by atoms with E-state index < -0.39 is 0 Å². The molecule has 17 heavy (non-hydrogen) atoms. The van der Waals surface area contributed by atoms with Crippen LogP contribution in [0, 0.1) is 0 Å². The molecule has 1 aliphatic carbocycles. The van der Waals surface area contributed by atoms with Gasteiger partial charge in [-0.05, 0) is 39.7 Å². The van der Waals surface area contributed by atoms with Gasteiger partial charge in [-0.25, -0.2) is 0 Å². The van der Waals surface area contributed by atoms with Crippen LogP contribution in [0.15, 0.2) is 0 Å². The Hall–Kier alpha value is -0.120. The van der Waals surface area contributed by atoms with E-state index in [4.69, 9.17) is 5.73 Å². The first kappa shape index (κ1) is 13.3. The highest BCUT2D eigenvalue weighted by Gasteiger charge is 2.26. The fourth-order valence-electron chi connectivity index (χ4n) is 3.07. The molecule has 2 N–H and O–H groups in total. The minimum absolute atomic E-state index is 0.0113. The molecular formula is C14H29N3. The zero-order chi connectivity index (χ0) is 12.3. The normalized spacial score (nSPS) is 25.6. The number of hydrogen-bond donors (Lipinski definition) is 1. The molecule has 0 amide bonds. The molecule has 0 aromatic carbocycles. The van der Waals surface area contributed by atoms with Crippen LogP contribution in [0.5, 0.6) is 0 Å². The van der Waals surface area contributed by atoms with Crippen molar-refractivity contribution in [1.29, 1.82) is 0 Å². The molecule has 2 aliphatic rings. The summed E-state index contributed by atoms with van der Waals surface area (Å²) in [4.78, 5) is 5.30. The average molecular weight is 239 g/mol. The number of hydrogen-bond acceptors (Lipinski definition) is 3. The van der Waals surface area contributed by atoms with Gasteiger partial charge in [-0.3, -0.25) is 4.90 Å². The predicted molar refractivity (Wildman–Crippen MR) is 73.2 cm³/mol. The lowest BCUT2D eigenvalue weighted by atomic mass is 10.0. The summed E-state index contributed by atoms with van der Waals surface area (Å²) in [6, 6.07) is 0.906. The third-order valence-corrected chi connectivity index (χ3v) is 4.32. The van der Waals surface area contributed by atoms with Crippen LogP contribution in [0.1, 0.15) is 46.0 Å². The molecule has 1 saturated heterocycles. The van der Waals surface area contributed by atoms with Crippen molar-refractivity contribution in [3.05, 3.63) is 0 Å². The Kier molecular flexibility index (Phi) is 4.45. The van der Waals surface area contributed by atoms with E-state index in [0.717, 1.165) is 12.5 Å². The van der Waals surface area contributed by atoms with Crippen LogP contribution in [0.3, 0.4) is 0 Å². The maximum absolute atomic E-state index is 6.04. The SMILES string of the molecule is CC(C)(N)CCN1CCN(C2CCCC2)CC1. The van der Waals surface area contributed by atoms with E-state index in [-0.39, 0.29) is 5.54 Å². The summed E-state index contributed by atoms with van der Waals surface area (Å²) in [7, 11) is 0. The molecule has 1 aliphatic heterocycles. The fraction of sp³-hybridized carbons (Fsp3) is 1.00. The minimum Gasteiger partial charge on any atom is -0.326 e. The molecule has 1 saturated carbocycles. The monoisotopic (exact) mass is 239 g/mol. The molecule has 0 radical (unpaired) electrons. The summed E-state index contributed by atoms with van der Waals surface area (Å²) in [5.41, 5.74) is 6.03. The third-order valence-electron chi connectivity index (χ3n) is 4.32. The third kappa shape index (κ3) is 4.23. The molecule has 0 aromatic heterocycles. The predicted octanol–water partition coefficient (Wildman–Crippen LogP) is 1.67. The summed E-state index contributed by atoms with van der Waals surface area (Å²) in [6.07, 6.45) is 6.89. The maximum Gasteiger partial charge on any atom is 0.0113 e. The molecule has 0 atom stereocenters. The summed E-state index contributed by atoms with van der Waals surface area (Å²) in [5, 5.41) is 0. The van der Waals surface area contributed by atoms with Crippen LogP contribution in [0.25, 0.3) is 0 Å². The second-order valence-corrected chi connectivity index (χ2v) is 6.55. The second-order valence-electron chi connectivity index (χ2n) is 6.55. The van der Waals surface area contributed by atoms with Gasteiger partial charge in [0.2, 0.25) is 0 Å². The number of rotatable bonds is 4. The highest BCUT2D eigenvalue weighted by molar-refractivity contribution is 4.83. The molecule has 0 unspecified atom stereocenters. The van der Waals surface area contributed by atoms with Gasteiger partial charge < -0.3 is 10.6 Å². The lowest BCUT2D eigenvalue weighted by Crippen LogP contribution is -2.50. The van der Waals surface area contributed by atoms with Crippen LogP contribution >= 0.6 is 0 Å². The van der Waals surface area contributed by atoms with Gasteiger partial charge in [-0.15, -0.1) is 0 Å². The minimum atomic E-state index is -0.0113. The molecule has 100 valence electrons. The van der Waals surface area contributed by atoms with Crippen molar-refractivity contribution in [2.45, 2.75) is 57.5 Å². The van der Waals surface area contributed by atoms with Crippen molar-refractivity contribution in [3.8, 4) is 0 Å². The van der Waals surface area contributed by atoms with E-state index in [1.165, 1.54) is 58.4 Å². The quantitative estimate of drug-likeness (QED) is 0.810. The Morgan fingerprint density at radius 2 is 1.65 bits per heavy atom. The highest BCUT2D eigenvalue weighted by atomic mass is 15.3. The van der Waals surface area contributed by atoms with Gasteiger partial charge in [0.25, 0.3) is 0 Å². The maximum atomic E-state index is 6.04. The largest absolute Gasteiger partial charge is 0.326 e. The van der Waals surface area contributed by atoms with Crippen molar-refractivity contribution in [3.63, 3.8) is 0 Å². The molecule has 2 rings (SSSR count). The van der Waals surface area contributed by atoms with E-state index in [1.807, 2.05) is 0 Å². The van der Waals surface area contributed by atoms with Crippen molar-refractivity contribution in [2.24, 2.45) is 5.73 Å². The summed E-state index contributed by atoms with van der Waals surface area (Å²) >= 11 is 0. The van der Waals surface area contributed by atoms with E-state index >= 15 is 0 Å². The summed E-state index contributed by atoms with van der Waals surface area (Å²) in [6.45, 7) is 10.5. The van der Waals surface area contributed by atoms with Crippen molar-refractivity contribution in [1.82, 2.24) is 9.80 Å². The Balaban J connectivity index is 1.67. The van der Waals surface area contributed by atoms with Crippen molar-refractivity contribution < 1.29 is 0 Å². The average Bonchev–Trinajstić information content (AvgIpc) is 2.79. The smallest absolute Gasteiger partial charge is 0.0113 e. The van der Waals surface area contributed by atoms with Gasteiger partial charge >= 0.3 is 0 Å². The molecule has 0 spiro atoms. The van der Waals surface area contributed by atoms with Crippen LogP contribution in [0.2, 0.25) is 0 Å². The van der Waals surface area contributed by atoms with Gasteiger partial charge in [0.1, 0.15) is 0 Å². The topological polar surface area (TPSA) is 32.5 Å². The van der Waals surface area contributed by atoms with Crippen LogP contribution < -0.4 is 5.73 Å². The van der Waals surface area contributed by atoms with Crippen LogP contribution in [-0.4, -0.2) is 54.1 Å². The van der Waals surface area contributed by atoms with E-state index in [0.29, 0.717) is 0 Å². The molecule has 1 heterocycles. The lowest BCUT2D eigenvalue weighted by molar-refractivity contribution is 0.0938. The lowest BCUT2D eigenvalue weighted by Gasteiger charge is -2.38. The van der Waals surface area contributed by atoms with Crippen molar-refractivity contribution in [2.75, 3.05) is 32.7 Å². The van der Waals surface area contributed by atoms with Crippen LogP contribution in [0.4, 0.5) is 0 Å². The number of nitrogens with zero attached hydrogens (tertiary/aromatic N) is 2. The van der Waals surface area contributed by atoms with Gasteiger partial charge in [-0.1, -0.05) is 12.8 Å². The second kappa shape index (κ2) is 5.68.